The number of amides is 2. The van der Waals surface area contributed by atoms with E-state index in [1.165, 1.54) is 4.90 Å². The molecule has 0 saturated carbocycles. The molecule has 1 atom stereocenters. The molecular weight excluding hydrogens is 370 g/mol. The van der Waals surface area contributed by atoms with Crippen molar-refractivity contribution in [2.24, 2.45) is 11.7 Å². The van der Waals surface area contributed by atoms with Crippen LogP contribution in [0.5, 0.6) is 0 Å². The van der Waals surface area contributed by atoms with Crippen LogP contribution in [0.4, 0.5) is 0 Å². The molecule has 2 N–H and O–H groups in total. The number of likely N-dealkylation sites (tertiary alicyclic amines) is 1. The van der Waals surface area contributed by atoms with E-state index in [1.54, 1.807) is 48.5 Å². The number of carbonyl (C=O) groups excluding carboxylic acids is 3. The van der Waals surface area contributed by atoms with Crippen molar-refractivity contribution in [3.63, 3.8) is 0 Å². The highest BCUT2D eigenvalue weighted by atomic mass is 16.5. The van der Waals surface area contributed by atoms with E-state index in [0.717, 1.165) is 0 Å². The van der Waals surface area contributed by atoms with Gasteiger partial charge in [-0.2, -0.15) is 5.26 Å². The molecule has 29 heavy (non-hydrogen) atoms. The van der Waals surface area contributed by atoms with Crippen molar-refractivity contribution in [3.8, 4) is 17.2 Å². The van der Waals surface area contributed by atoms with Gasteiger partial charge in [0.2, 0.25) is 5.91 Å². The number of nitrogens with zero attached hydrogens (tertiary/aromatic N) is 2. The van der Waals surface area contributed by atoms with E-state index in [-0.39, 0.29) is 23.9 Å². The first-order valence-electron chi connectivity index (χ1n) is 9.34. The van der Waals surface area contributed by atoms with Crippen LogP contribution in [0.25, 0.3) is 11.1 Å². The molecule has 7 nitrogen and oxygen atoms in total. The fourth-order valence-corrected chi connectivity index (χ4v) is 3.44. The summed E-state index contributed by atoms with van der Waals surface area (Å²) in [6.45, 7) is 0.336. The van der Waals surface area contributed by atoms with Crippen molar-refractivity contribution in [2.45, 2.75) is 12.8 Å². The van der Waals surface area contributed by atoms with Gasteiger partial charge in [-0.25, -0.2) is 4.79 Å². The second-order valence-corrected chi connectivity index (χ2v) is 6.86. The molecule has 0 aromatic heterocycles. The molecule has 0 unspecified atom stereocenters. The van der Waals surface area contributed by atoms with Gasteiger partial charge < -0.3 is 15.4 Å². The summed E-state index contributed by atoms with van der Waals surface area (Å²) in [5.74, 6) is -1.81. The van der Waals surface area contributed by atoms with E-state index in [1.807, 2.05) is 0 Å². The van der Waals surface area contributed by atoms with Gasteiger partial charge in [-0.1, -0.05) is 36.4 Å². The third-order valence-electron chi connectivity index (χ3n) is 4.99. The minimum Gasteiger partial charge on any atom is -0.452 e. The number of rotatable bonds is 5. The maximum atomic E-state index is 12.6. The molecule has 0 radical (unpaired) electrons. The molecule has 2 aromatic rings. The Balaban J connectivity index is 1.71. The van der Waals surface area contributed by atoms with Crippen molar-refractivity contribution < 1.29 is 19.1 Å². The molecule has 1 heterocycles. The highest BCUT2D eigenvalue weighted by molar-refractivity contribution is 5.99. The average Bonchev–Trinajstić information content (AvgIpc) is 2.77. The number of benzene rings is 2. The van der Waals surface area contributed by atoms with Crippen LogP contribution in [0.1, 0.15) is 28.8 Å². The van der Waals surface area contributed by atoms with Gasteiger partial charge in [-0.3, -0.25) is 9.59 Å². The Hall–Kier alpha value is -3.66. The fourth-order valence-electron chi connectivity index (χ4n) is 3.44. The molecule has 1 aliphatic rings. The van der Waals surface area contributed by atoms with Crippen molar-refractivity contribution in [3.05, 3.63) is 59.7 Å². The molecule has 1 saturated heterocycles. The number of nitrogens with two attached hydrogens (primary N) is 1. The lowest BCUT2D eigenvalue weighted by Crippen LogP contribution is -2.45. The number of piperidine rings is 1. The third kappa shape index (κ3) is 4.61. The third-order valence-corrected chi connectivity index (χ3v) is 4.99. The maximum absolute atomic E-state index is 12.6. The lowest BCUT2D eigenvalue weighted by Gasteiger charge is -2.31. The maximum Gasteiger partial charge on any atom is 0.339 e. The molecule has 1 aliphatic heterocycles. The van der Waals surface area contributed by atoms with Crippen LogP contribution in [0, 0.1) is 17.2 Å². The Bertz CT molecular complexity index is 980. The topological polar surface area (TPSA) is 113 Å². The predicted octanol–water partition coefficient (Wildman–Crippen LogP) is 2.11. The Labute approximate surface area is 168 Å². The lowest BCUT2D eigenvalue weighted by atomic mass is 9.96. The first-order chi connectivity index (χ1) is 14.0. The molecule has 148 valence electrons. The molecule has 2 aromatic carbocycles. The standard InChI is InChI=1S/C22H21N3O4/c23-12-15-6-1-2-8-17(15)18-9-3-4-10-19(18)22(28)29-14-20(26)25-11-5-7-16(13-25)21(24)27/h1-4,6,8-10,16H,5,7,11,13-14H2,(H2,24,27)/t16-/m1/s1. The molecule has 1 fully saturated rings. The minimum absolute atomic E-state index is 0.248. The van der Waals surface area contributed by atoms with E-state index < -0.39 is 18.5 Å². The van der Waals surface area contributed by atoms with Gasteiger partial charge in [-0.05, 0) is 30.5 Å². The summed E-state index contributed by atoms with van der Waals surface area (Å²) in [6, 6.07) is 15.9. The summed E-state index contributed by atoms with van der Waals surface area (Å²) < 4.78 is 5.25. The van der Waals surface area contributed by atoms with Crippen LogP contribution in [0.15, 0.2) is 48.5 Å². The molecule has 7 heteroatoms. The summed E-state index contributed by atoms with van der Waals surface area (Å²) in [5, 5.41) is 9.34. The van der Waals surface area contributed by atoms with Crippen molar-refractivity contribution in [2.75, 3.05) is 19.7 Å². The fraction of sp³-hybridized carbons (Fsp3) is 0.273. The van der Waals surface area contributed by atoms with E-state index in [2.05, 4.69) is 6.07 Å². The zero-order chi connectivity index (χ0) is 20.8. The molecule has 0 aliphatic carbocycles. The van der Waals surface area contributed by atoms with Gasteiger partial charge in [0, 0.05) is 18.7 Å². The SMILES string of the molecule is N#Cc1ccccc1-c1ccccc1C(=O)OCC(=O)N1CCC[C@@H](C(N)=O)C1. The molecular formula is C22H21N3O4. The predicted molar refractivity (Wildman–Crippen MR) is 105 cm³/mol. The summed E-state index contributed by atoms with van der Waals surface area (Å²) in [6.07, 6.45) is 1.34. The second kappa shape index (κ2) is 9.02. The summed E-state index contributed by atoms with van der Waals surface area (Å²) in [5.41, 5.74) is 7.24. The number of esters is 1. The Morgan fingerprint density at radius 3 is 2.52 bits per heavy atom. The van der Waals surface area contributed by atoms with Crippen molar-refractivity contribution in [1.82, 2.24) is 4.90 Å². The van der Waals surface area contributed by atoms with Crippen LogP contribution in [-0.4, -0.2) is 42.4 Å². The van der Waals surface area contributed by atoms with E-state index >= 15 is 0 Å². The zero-order valence-corrected chi connectivity index (χ0v) is 15.8. The van der Waals surface area contributed by atoms with Gasteiger partial charge in [0.1, 0.15) is 0 Å². The second-order valence-electron chi connectivity index (χ2n) is 6.86. The quantitative estimate of drug-likeness (QED) is 0.784. The number of hydrogen-bond acceptors (Lipinski definition) is 5. The smallest absolute Gasteiger partial charge is 0.339 e. The van der Waals surface area contributed by atoms with Gasteiger partial charge >= 0.3 is 5.97 Å². The highest BCUT2D eigenvalue weighted by Crippen LogP contribution is 2.27. The van der Waals surface area contributed by atoms with E-state index in [0.29, 0.717) is 36.1 Å². The number of nitriles is 1. The van der Waals surface area contributed by atoms with Crippen molar-refractivity contribution >= 4 is 17.8 Å². The van der Waals surface area contributed by atoms with E-state index in [9.17, 15) is 19.6 Å². The van der Waals surface area contributed by atoms with Gasteiger partial charge in [-0.15, -0.1) is 0 Å². The van der Waals surface area contributed by atoms with Gasteiger partial charge in [0.15, 0.2) is 6.61 Å². The van der Waals surface area contributed by atoms with E-state index in [4.69, 9.17) is 10.5 Å². The Kier molecular flexibility index (Phi) is 6.25. The number of ether oxygens (including phenoxy) is 1. The molecule has 0 bridgehead atoms. The minimum atomic E-state index is -0.648. The first-order valence-corrected chi connectivity index (χ1v) is 9.34. The summed E-state index contributed by atoms with van der Waals surface area (Å²) >= 11 is 0. The number of hydrogen-bond donors (Lipinski definition) is 1. The normalized spacial score (nSPS) is 16.0. The lowest BCUT2D eigenvalue weighted by molar-refractivity contribution is -0.137. The van der Waals surface area contributed by atoms with Crippen LogP contribution in [-0.2, 0) is 14.3 Å². The summed E-state index contributed by atoms with van der Waals surface area (Å²) in [4.78, 5) is 37.9. The van der Waals surface area contributed by atoms with Gasteiger partial charge in [0.25, 0.3) is 5.91 Å². The first kappa shape index (κ1) is 20.1. The molecule has 2 amide bonds. The van der Waals surface area contributed by atoms with Crippen molar-refractivity contribution in [1.29, 1.82) is 5.26 Å². The average molecular weight is 391 g/mol. The van der Waals surface area contributed by atoms with Crippen LogP contribution in [0.2, 0.25) is 0 Å². The van der Waals surface area contributed by atoms with Crippen LogP contribution in [0.3, 0.4) is 0 Å². The van der Waals surface area contributed by atoms with Gasteiger partial charge in [0.05, 0.1) is 23.1 Å². The number of primary amides is 1. The molecule has 0 spiro atoms. The Morgan fingerprint density at radius 2 is 1.79 bits per heavy atom. The van der Waals surface area contributed by atoms with Crippen LogP contribution >= 0.6 is 0 Å². The monoisotopic (exact) mass is 391 g/mol. The summed E-state index contributed by atoms with van der Waals surface area (Å²) in [7, 11) is 0. The largest absolute Gasteiger partial charge is 0.452 e. The molecule has 3 rings (SSSR count). The van der Waals surface area contributed by atoms with Crippen LogP contribution < -0.4 is 5.73 Å². The zero-order valence-electron chi connectivity index (χ0n) is 15.8. The Morgan fingerprint density at radius 1 is 1.10 bits per heavy atom. The number of carbonyl (C=O) groups is 3. The highest BCUT2D eigenvalue weighted by Gasteiger charge is 2.27.